The van der Waals surface area contributed by atoms with Gasteiger partial charge in [0.15, 0.2) is 0 Å². The van der Waals surface area contributed by atoms with E-state index in [2.05, 4.69) is 16.0 Å². The van der Waals surface area contributed by atoms with Gasteiger partial charge in [-0.3, -0.25) is 19.7 Å². The van der Waals surface area contributed by atoms with E-state index in [1.54, 1.807) is 30.3 Å². The van der Waals surface area contributed by atoms with Crippen molar-refractivity contribution >= 4 is 29.4 Å². The summed E-state index contributed by atoms with van der Waals surface area (Å²) in [5, 5.41) is 7.94. The fraction of sp³-hybridized carbons (Fsp3) is 0.304. The Morgan fingerprint density at radius 1 is 1.12 bits per heavy atom. The van der Waals surface area contributed by atoms with Gasteiger partial charge in [0.2, 0.25) is 11.8 Å². The van der Waals surface area contributed by atoms with Gasteiger partial charge < -0.3 is 20.3 Å². The molecule has 5 rings (SSSR count). The number of fused-ring (bicyclic) bond motifs is 1. The van der Waals surface area contributed by atoms with Crippen LogP contribution in [0.2, 0.25) is 0 Å². The molecule has 2 aromatic carbocycles. The predicted octanol–water partition coefficient (Wildman–Crippen LogP) is 1.63. The summed E-state index contributed by atoms with van der Waals surface area (Å²) in [5.41, 5.74) is 1.62. The Balaban J connectivity index is 1.27. The summed E-state index contributed by atoms with van der Waals surface area (Å²) in [6.45, 7) is 0.752. The molecule has 2 saturated heterocycles. The molecule has 0 bridgehead atoms. The molecular weight excluding hydrogens is 431 g/mol. The number of halogens is 1. The molecule has 9 nitrogen and oxygen atoms in total. The van der Waals surface area contributed by atoms with Gasteiger partial charge in [0.05, 0.1) is 13.2 Å². The minimum absolute atomic E-state index is 0.184. The van der Waals surface area contributed by atoms with Crippen LogP contribution in [0.1, 0.15) is 34.3 Å². The van der Waals surface area contributed by atoms with Gasteiger partial charge in [-0.15, -0.1) is 0 Å². The van der Waals surface area contributed by atoms with Crippen molar-refractivity contribution in [3.05, 3.63) is 65.0 Å². The van der Waals surface area contributed by atoms with Crippen molar-refractivity contribution in [1.29, 1.82) is 0 Å². The molecule has 2 aromatic rings. The number of carbonyl (C=O) groups excluding carboxylic acids is 4. The van der Waals surface area contributed by atoms with E-state index in [0.717, 1.165) is 5.56 Å². The van der Waals surface area contributed by atoms with Crippen LogP contribution in [0, 0.1) is 5.82 Å². The average molecular weight is 452 g/mol. The first kappa shape index (κ1) is 21.1. The first-order chi connectivity index (χ1) is 15.8. The number of hydrogen-bond acceptors (Lipinski definition) is 5. The number of anilines is 1. The molecule has 33 heavy (non-hydrogen) atoms. The summed E-state index contributed by atoms with van der Waals surface area (Å²) in [6.07, 6.45) is 0.467. The number of piperidine rings is 1. The molecule has 0 aliphatic carbocycles. The van der Waals surface area contributed by atoms with Crippen molar-refractivity contribution in [2.45, 2.75) is 31.0 Å². The van der Waals surface area contributed by atoms with Crippen molar-refractivity contribution in [3.8, 4) is 0 Å². The Labute approximate surface area is 188 Å². The van der Waals surface area contributed by atoms with Gasteiger partial charge in [0.1, 0.15) is 17.4 Å². The second-order valence-corrected chi connectivity index (χ2v) is 8.43. The third-order valence-electron chi connectivity index (χ3n) is 6.23. The minimum atomic E-state index is -0.743. The number of carbonyl (C=O) groups is 4. The molecule has 0 aromatic heterocycles. The van der Waals surface area contributed by atoms with E-state index in [1.165, 1.54) is 17.0 Å². The normalized spacial score (nSPS) is 21.2. The van der Waals surface area contributed by atoms with Gasteiger partial charge >= 0.3 is 6.03 Å². The highest BCUT2D eigenvalue weighted by Gasteiger charge is 2.42. The second-order valence-electron chi connectivity index (χ2n) is 8.43. The third kappa shape index (κ3) is 3.82. The van der Waals surface area contributed by atoms with Gasteiger partial charge in [-0.2, -0.15) is 0 Å². The highest BCUT2D eigenvalue weighted by atomic mass is 19.1. The van der Waals surface area contributed by atoms with Crippen LogP contribution in [0.5, 0.6) is 0 Å². The zero-order valence-corrected chi connectivity index (χ0v) is 17.5. The lowest BCUT2D eigenvalue weighted by molar-refractivity contribution is -0.136. The Kier molecular flexibility index (Phi) is 5.09. The summed E-state index contributed by atoms with van der Waals surface area (Å²) < 4.78 is 18.6. The Morgan fingerprint density at radius 2 is 1.88 bits per heavy atom. The summed E-state index contributed by atoms with van der Waals surface area (Å²) in [6, 6.07) is 9.66. The third-order valence-corrected chi connectivity index (χ3v) is 6.23. The zero-order valence-electron chi connectivity index (χ0n) is 17.5. The maximum Gasteiger partial charge on any atom is 0.320 e. The summed E-state index contributed by atoms with van der Waals surface area (Å²) in [7, 11) is 0. The minimum Gasteiger partial charge on any atom is -0.376 e. The largest absolute Gasteiger partial charge is 0.376 e. The Morgan fingerprint density at radius 3 is 2.55 bits per heavy atom. The van der Waals surface area contributed by atoms with Crippen LogP contribution >= 0.6 is 0 Å². The number of amides is 5. The number of rotatable bonds is 4. The smallest absolute Gasteiger partial charge is 0.320 e. The number of nitrogens with zero attached hydrogens (tertiary/aromatic N) is 1. The van der Waals surface area contributed by atoms with E-state index in [-0.39, 0.29) is 50.2 Å². The number of hydrogen-bond donors (Lipinski definition) is 3. The molecule has 1 unspecified atom stereocenters. The van der Waals surface area contributed by atoms with Crippen molar-refractivity contribution in [2.75, 3.05) is 18.5 Å². The quantitative estimate of drug-likeness (QED) is 0.610. The molecule has 0 spiro atoms. The molecule has 170 valence electrons. The van der Waals surface area contributed by atoms with E-state index >= 15 is 0 Å². The fourth-order valence-electron chi connectivity index (χ4n) is 4.42. The van der Waals surface area contributed by atoms with Crippen LogP contribution in [0.15, 0.2) is 42.5 Å². The second kappa shape index (κ2) is 7.96. The fourth-order valence-corrected chi connectivity index (χ4v) is 4.42. The van der Waals surface area contributed by atoms with Gasteiger partial charge in [0, 0.05) is 24.2 Å². The van der Waals surface area contributed by atoms with E-state index in [9.17, 15) is 23.6 Å². The monoisotopic (exact) mass is 452 g/mol. The first-order valence-corrected chi connectivity index (χ1v) is 10.6. The van der Waals surface area contributed by atoms with Gasteiger partial charge in [-0.05, 0) is 47.9 Å². The number of benzene rings is 2. The molecule has 1 atom stereocenters. The highest BCUT2D eigenvalue weighted by Crippen LogP contribution is 2.31. The van der Waals surface area contributed by atoms with Gasteiger partial charge in [-0.25, -0.2) is 9.18 Å². The molecule has 2 fully saturated rings. The molecule has 0 radical (unpaired) electrons. The molecule has 3 heterocycles. The molecule has 3 N–H and O–H groups in total. The van der Waals surface area contributed by atoms with E-state index in [0.29, 0.717) is 16.8 Å². The SMILES string of the molecule is O=C1CCC(N2Cc3cc(NC(=O)NC4(c5ccc(F)cc5)COC4)ccc3C2=O)C(=O)N1. The highest BCUT2D eigenvalue weighted by molar-refractivity contribution is 6.05. The lowest BCUT2D eigenvalue weighted by Gasteiger charge is -2.42. The molecule has 3 aliphatic rings. The lowest BCUT2D eigenvalue weighted by Crippen LogP contribution is -2.60. The maximum atomic E-state index is 13.3. The first-order valence-electron chi connectivity index (χ1n) is 10.6. The van der Waals surface area contributed by atoms with Crippen LogP contribution in [0.4, 0.5) is 14.9 Å². The van der Waals surface area contributed by atoms with Gasteiger partial charge in [0.25, 0.3) is 5.91 Å². The van der Waals surface area contributed by atoms with Crippen LogP contribution in [0.25, 0.3) is 0 Å². The van der Waals surface area contributed by atoms with E-state index < -0.39 is 23.5 Å². The number of imide groups is 1. The molecule has 5 amide bonds. The molecule has 3 aliphatic heterocycles. The zero-order chi connectivity index (χ0) is 23.2. The topological polar surface area (TPSA) is 117 Å². The van der Waals surface area contributed by atoms with Crippen LogP contribution in [-0.4, -0.2) is 47.9 Å². The van der Waals surface area contributed by atoms with E-state index in [1.807, 2.05) is 0 Å². The average Bonchev–Trinajstić information content (AvgIpc) is 3.07. The summed E-state index contributed by atoms with van der Waals surface area (Å²) in [5.74, 6) is -1.46. The number of urea groups is 1. The standard InChI is InChI=1S/C23H21FN4O5/c24-15-3-1-14(2-4-15)23(11-33-12-23)27-22(32)25-16-5-6-17-13(9-16)10-28(21(17)31)18-7-8-19(29)26-20(18)30/h1-6,9,18H,7-8,10-12H2,(H2,25,27,32)(H,26,29,30). The number of ether oxygens (including phenoxy) is 1. The summed E-state index contributed by atoms with van der Waals surface area (Å²) in [4.78, 5) is 50.5. The molecular formula is C23H21FN4O5. The summed E-state index contributed by atoms with van der Waals surface area (Å²) >= 11 is 0. The van der Waals surface area contributed by atoms with Crippen LogP contribution in [0.3, 0.4) is 0 Å². The van der Waals surface area contributed by atoms with Crippen molar-refractivity contribution in [2.24, 2.45) is 0 Å². The maximum absolute atomic E-state index is 13.3. The predicted molar refractivity (Wildman–Crippen MR) is 114 cm³/mol. The molecule has 10 heteroatoms. The van der Waals surface area contributed by atoms with Crippen molar-refractivity contribution < 1.29 is 28.3 Å². The Bertz CT molecular complexity index is 1160. The van der Waals surface area contributed by atoms with Crippen LogP contribution in [-0.2, 0) is 26.4 Å². The van der Waals surface area contributed by atoms with E-state index in [4.69, 9.17) is 4.74 Å². The lowest BCUT2D eigenvalue weighted by atomic mass is 9.88. The van der Waals surface area contributed by atoms with Crippen LogP contribution < -0.4 is 16.0 Å². The Hall–Kier alpha value is -3.79. The van der Waals surface area contributed by atoms with Crippen molar-refractivity contribution in [3.63, 3.8) is 0 Å². The van der Waals surface area contributed by atoms with Gasteiger partial charge in [-0.1, -0.05) is 12.1 Å². The van der Waals surface area contributed by atoms with Crippen molar-refractivity contribution in [1.82, 2.24) is 15.5 Å². The number of nitrogens with one attached hydrogen (secondary N) is 3. The molecule has 0 saturated carbocycles.